The first-order chi connectivity index (χ1) is 11.2. The normalized spacial score (nSPS) is 10.3. The highest BCUT2D eigenvalue weighted by Gasteiger charge is 2.21. The van der Waals surface area contributed by atoms with Crippen LogP contribution in [0.4, 0.5) is 5.69 Å². The number of thiophene rings is 1. The van der Waals surface area contributed by atoms with Gasteiger partial charge in [0.05, 0.1) is 19.0 Å². The molecule has 0 spiro atoms. The molecule has 2 aromatic heterocycles. The fraction of sp³-hybridized carbons (Fsp3) is 0.0625. The summed E-state index contributed by atoms with van der Waals surface area (Å²) in [6.07, 6.45) is 1.37. The number of amides is 1. The lowest BCUT2D eigenvalue weighted by molar-refractivity contribution is 0.0607. The zero-order valence-corrected chi connectivity index (χ0v) is 12.9. The van der Waals surface area contributed by atoms with Crippen molar-refractivity contribution in [2.75, 3.05) is 12.4 Å². The van der Waals surface area contributed by atoms with Gasteiger partial charge in [-0.2, -0.15) is 0 Å². The summed E-state index contributed by atoms with van der Waals surface area (Å²) in [5.74, 6) is -0.927. The summed E-state index contributed by atoms with van der Waals surface area (Å²) in [6, 6.07) is 12.7. The predicted molar refractivity (Wildman–Crippen MR) is 85.6 cm³/mol. The molecule has 23 heavy (non-hydrogen) atoms. The minimum absolute atomic E-state index is 0.0632. The van der Waals surface area contributed by atoms with E-state index >= 15 is 0 Å². The third kappa shape index (κ3) is 3.14. The molecule has 0 saturated carbocycles. The second kappa shape index (κ2) is 6.45. The summed E-state index contributed by atoms with van der Waals surface area (Å²) in [5, 5.41) is 6.14. The molecule has 0 unspecified atom stereocenters. The molecule has 2 heterocycles. The van der Waals surface area contributed by atoms with Gasteiger partial charge in [0.25, 0.3) is 5.91 Å². The number of nitrogens with zero attached hydrogens (tertiary/aromatic N) is 1. The molecule has 3 aromatic rings. The number of ether oxygens (including phenoxy) is 1. The molecule has 0 aliphatic heterocycles. The van der Waals surface area contributed by atoms with Gasteiger partial charge in [0, 0.05) is 10.9 Å². The summed E-state index contributed by atoms with van der Waals surface area (Å²) >= 11 is 1.25. The van der Waals surface area contributed by atoms with Crippen molar-refractivity contribution >= 4 is 28.9 Å². The molecular weight excluding hydrogens is 316 g/mol. The number of methoxy groups -OCH3 is 1. The Morgan fingerprint density at radius 2 is 2.00 bits per heavy atom. The molecule has 1 amide bonds. The van der Waals surface area contributed by atoms with E-state index in [0.29, 0.717) is 10.6 Å². The summed E-state index contributed by atoms with van der Waals surface area (Å²) in [4.78, 5) is 25.2. The Balaban J connectivity index is 1.96. The van der Waals surface area contributed by atoms with Crippen molar-refractivity contribution in [2.45, 2.75) is 0 Å². The lowest BCUT2D eigenvalue weighted by Gasteiger charge is -2.02. The number of esters is 1. The van der Waals surface area contributed by atoms with Crippen LogP contribution in [0.15, 0.2) is 53.2 Å². The van der Waals surface area contributed by atoms with Gasteiger partial charge in [0.1, 0.15) is 4.88 Å². The molecule has 3 rings (SSSR count). The van der Waals surface area contributed by atoms with E-state index in [2.05, 4.69) is 10.5 Å². The van der Waals surface area contributed by atoms with Crippen molar-refractivity contribution in [2.24, 2.45) is 0 Å². The number of nitrogens with one attached hydrogen (secondary N) is 1. The molecule has 1 aromatic carbocycles. The number of anilines is 1. The van der Waals surface area contributed by atoms with Crippen molar-refractivity contribution < 1.29 is 18.8 Å². The predicted octanol–water partition coefficient (Wildman–Crippen LogP) is 3.44. The Morgan fingerprint density at radius 3 is 2.65 bits per heavy atom. The molecule has 0 fully saturated rings. The molecule has 7 heteroatoms. The molecule has 6 nitrogen and oxygen atoms in total. The first-order valence-corrected chi connectivity index (χ1v) is 7.50. The standard InChI is InChI=1S/C16H12N2O4S/c1-21-16(20)14-11(18-15(19)12-7-8-17-22-12)9-13(23-14)10-5-3-2-4-6-10/h2-9H,1H3,(H,18,19). The zero-order valence-electron chi connectivity index (χ0n) is 12.1. The highest BCUT2D eigenvalue weighted by atomic mass is 32.1. The number of benzene rings is 1. The smallest absolute Gasteiger partial charge is 0.350 e. The third-order valence-corrected chi connectivity index (χ3v) is 4.24. The Hall–Kier alpha value is -2.93. The summed E-state index contributed by atoms with van der Waals surface area (Å²) in [7, 11) is 1.30. The number of rotatable bonds is 4. The lowest BCUT2D eigenvalue weighted by atomic mass is 10.2. The van der Waals surface area contributed by atoms with Gasteiger partial charge in [-0.05, 0) is 11.6 Å². The van der Waals surface area contributed by atoms with E-state index in [9.17, 15) is 9.59 Å². The fourth-order valence-corrected chi connectivity index (χ4v) is 3.03. The van der Waals surface area contributed by atoms with Gasteiger partial charge in [-0.1, -0.05) is 35.5 Å². The maximum Gasteiger partial charge on any atom is 0.350 e. The van der Waals surface area contributed by atoms with E-state index in [1.165, 1.54) is 30.7 Å². The van der Waals surface area contributed by atoms with Crippen LogP contribution < -0.4 is 5.32 Å². The minimum atomic E-state index is -0.509. The number of hydrogen-bond acceptors (Lipinski definition) is 6. The average Bonchev–Trinajstić information content (AvgIpc) is 3.25. The van der Waals surface area contributed by atoms with E-state index in [1.807, 2.05) is 30.3 Å². The van der Waals surface area contributed by atoms with Crippen LogP contribution in [0.3, 0.4) is 0 Å². The van der Waals surface area contributed by atoms with Gasteiger partial charge >= 0.3 is 5.97 Å². The van der Waals surface area contributed by atoms with Crippen LogP contribution in [0.2, 0.25) is 0 Å². The van der Waals surface area contributed by atoms with Gasteiger partial charge in [-0.15, -0.1) is 11.3 Å². The fourth-order valence-electron chi connectivity index (χ4n) is 1.99. The Bertz CT molecular complexity index is 825. The van der Waals surface area contributed by atoms with Crippen LogP contribution in [0, 0.1) is 0 Å². The highest BCUT2D eigenvalue weighted by molar-refractivity contribution is 7.18. The van der Waals surface area contributed by atoms with Crippen LogP contribution in [0.25, 0.3) is 10.4 Å². The third-order valence-electron chi connectivity index (χ3n) is 3.07. The number of aromatic nitrogens is 1. The molecular formula is C16H12N2O4S. The Kier molecular flexibility index (Phi) is 4.20. The molecule has 0 aliphatic rings. The van der Waals surface area contributed by atoms with Gasteiger partial charge in [0.2, 0.25) is 5.76 Å². The monoisotopic (exact) mass is 328 g/mol. The number of carbonyl (C=O) groups excluding carboxylic acids is 2. The number of carbonyl (C=O) groups is 2. The van der Waals surface area contributed by atoms with E-state index in [-0.39, 0.29) is 5.76 Å². The van der Waals surface area contributed by atoms with Crippen molar-refractivity contribution in [1.82, 2.24) is 5.16 Å². The highest BCUT2D eigenvalue weighted by Crippen LogP contribution is 2.35. The second-order valence-electron chi connectivity index (χ2n) is 4.54. The van der Waals surface area contributed by atoms with Gasteiger partial charge in [-0.3, -0.25) is 4.79 Å². The van der Waals surface area contributed by atoms with E-state index in [1.54, 1.807) is 6.07 Å². The Morgan fingerprint density at radius 1 is 1.22 bits per heavy atom. The Labute approximate surface area is 135 Å². The quantitative estimate of drug-likeness (QED) is 0.742. The molecule has 0 saturated heterocycles. The van der Waals surface area contributed by atoms with Crippen LogP contribution in [0.5, 0.6) is 0 Å². The molecule has 0 atom stereocenters. The maximum atomic E-state index is 12.1. The van der Waals surface area contributed by atoms with E-state index in [4.69, 9.17) is 9.26 Å². The van der Waals surface area contributed by atoms with Crippen LogP contribution in [-0.2, 0) is 4.74 Å². The second-order valence-corrected chi connectivity index (χ2v) is 5.59. The van der Waals surface area contributed by atoms with Gasteiger partial charge < -0.3 is 14.6 Å². The van der Waals surface area contributed by atoms with Crippen molar-refractivity contribution in [3.63, 3.8) is 0 Å². The number of hydrogen-bond donors (Lipinski definition) is 1. The topological polar surface area (TPSA) is 81.4 Å². The minimum Gasteiger partial charge on any atom is -0.465 e. The van der Waals surface area contributed by atoms with Crippen molar-refractivity contribution in [3.8, 4) is 10.4 Å². The molecule has 1 N–H and O–H groups in total. The first-order valence-electron chi connectivity index (χ1n) is 6.68. The van der Waals surface area contributed by atoms with E-state index < -0.39 is 11.9 Å². The molecule has 0 bridgehead atoms. The average molecular weight is 328 g/mol. The van der Waals surface area contributed by atoms with Gasteiger partial charge in [0.15, 0.2) is 0 Å². The van der Waals surface area contributed by atoms with Crippen LogP contribution >= 0.6 is 11.3 Å². The van der Waals surface area contributed by atoms with Crippen LogP contribution in [-0.4, -0.2) is 24.1 Å². The summed E-state index contributed by atoms with van der Waals surface area (Å²) in [5.41, 5.74) is 1.32. The molecule has 116 valence electrons. The summed E-state index contributed by atoms with van der Waals surface area (Å²) < 4.78 is 9.59. The molecule has 0 aliphatic carbocycles. The lowest BCUT2D eigenvalue weighted by Crippen LogP contribution is -2.13. The van der Waals surface area contributed by atoms with Crippen molar-refractivity contribution in [3.05, 3.63) is 59.3 Å². The van der Waals surface area contributed by atoms with Crippen LogP contribution in [0.1, 0.15) is 20.2 Å². The van der Waals surface area contributed by atoms with E-state index in [0.717, 1.165) is 10.4 Å². The largest absolute Gasteiger partial charge is 0.465 e. The van der Waals surface area contributed by atoms with Crippen molar-refractivity contribution in [1.29, 1.82) is 0 Å². The zero-order chi connectivity index (χ0) is 16.2. The summed E-state index contributed by atoms with van der Waals surface area (Å²) in [6.45, 7) is 0. The maximum absolute atomic E-state index is 12.1. The van der Waals surface area contributed by atoms with Gasteiger partial charge in [-0.25, -0.2) is 4.79 Å². The first kappa shape index (κ1) is 15.0. The SMILES string of the molecule is COC(=O)c1sc(-c2ccccc2)cc1NC(=O)c1ccno1. The molecule has 0 radical (unpaired) electrons.